The Morgan fingerprint density at radius 3 is 2.65 bits per heavy atom. The Labute approximate surface area is 241 Å². The molecule has 1 aliphatic heterocycles. The molecule has 1 aliphatic carbocycles. The third-order valence-corrected chi connectivity index (χ3v) is 7.99. The Morgan fingerprint density at radius 2 is 1.95 bits per heavy atom. The molecule has 40 heavy (non-hydrogen) atoms. The maximum Gasteiger partial charge on any atom is 0.471 e. The minimum atomic E-state index is -4.93. The summed E-state index contributed by atoms with van der Waals surface area (Å²) in [5.41, 5.74) is 0.417. The summed E-state index contributed by atoms with van der Waals surface area (Å²) in [5, 5.41) is 12.2. The van der Waals surface area contributed by atoms with Crippen molar-refractivity contribution in [1.29, 1.82) is 0 Å². The van der Waals surface area contributed by atoms with Crippen molar-refractivity contribution in [2.75, 3.05) is 35.2 Å². The highest BCUT2D eigenvalue weighted by atomic mass is 79.9. The van der Waals surface area contributed by atoms with Crippen LogP contribution in [-0.4, -0.2) is 64.6 Å². The van der Waals surface area contributed by atoms with Gasteiger partial charge in [0.1, 0.15) is 10.7 Å². The number of rotatable bonds is 10. The highest BCUT2D eigenvalue weighted by Gasteiger charge is 2.40. The molecule has 2 aromatic heterocycles. The van der Waals surface area contributed by atoms with Crippen LogP contribution in [0.1, 0.15) is 62.4 Å². The number of nitrogens with one attached hydrogen (secondary N) is 3. The van der Waals surface area contributed by atoms with E-state index in [1.807, 2.05) is 16.5 Å². The number of thiazole rings is 1. The number of alkyl halides is 3. The number of anilines is 3. The van der Waals surface area contributed by atoms with Crippen LogP contribution in [-0.2, 0) is 16.1 Å². The number of ether oxygens (including phenoxy) is 1. The van der Waals surface area contributed by atoms with Gasteiger partial charge in [-0.1, -0.05) is 24.7 Å². The van der Waals surface area contributed by atoms with E-state index in [0.717, 1.165) is 30.6 Å². The van der Waals surface area contributed by atoms with E-state index in [1.54, 1.807) is 0 Å². The topological polar surface area (TPSA) is 130 Å². The van der Waals surface area contributed by atoms with E-state index in [0.29, 0.717) is 66.7 Å². The molecule has 11 nitrogen and oxygen atoms in total. The molecule has 0 bridgehead atoms. The second-order valence-corrected chi connectivity index (χ2v) is 12.1. The van der Waals surface area contributed by atoms with Gasteiger partial charge in [0.2, 0.25) is 0 Å². The highest BCUT2D eigenvalue weighted by Crippen LogP contribution is 2.36. The minimum absolute atomic E-state index is 0.00370. The van der Waals surface area contributed by atoms with Crippen LogP contribution in [0.15, 0.2) is 10.1 Å². The average Bonchev–Trinajstić information content (AvgIpc) is 3.57. The van der Waals surface area contributed by atoms with Crippen LogP contribution >= 0.6 is 27.3 Å². The SMILES string of the molecule is CCCCOC(=O)Nc1sc(Br)nc1C(=O)Nc1cnn(CC2CC2)c1N1CCCC(NC(=O)C(F)(F)F)CC1. The molecule has 220 valence electrons. The van der Waals surface area contributed by atoms with Crippen molar-refractivity contribution in [3.63, 3.8) is 0 Å². The molecular weight excluding hydrogens is 619 g/mol. The number of halogens is 4. The van der Waals surface area contributed by atoms with Gasteiger partial charge in [-0.2, -0.15) is 18.3 Å². The summed E-state index contributed by atoms with van der Waals surface area (Å²) in [4.78, 5) is 43.1. The molecule has 2 fully saturated rings. The van der Waals surface area contributed by atoms with Gasteiger partial charge in [-0.05, 0) is 60.4 Å². The lowest BCUT2D eigenvalue weighted by Gasteiger charge is -2.25. The van der Waals surface area contributed by atoms with Gasteiger partial charge in [0.15, 0.2) is 15.4 Å². The van der Waals surface area contributed by atoms with E-state index < -0.39 is 30.1 Å². The van der Waals surface area contributed by atoms with E-state index in [9.17, 15) is 27.6 Å². The Morgan fingerprint density at radius 1 is 1.18 bits per heavy atom. The quantitative estimate of drug-likeness (QED) is 0.303. The van der Waals surface area contributed by atoms with Gasteiger partial charge in [-0.15, -0.1) is 0 Å². The van der Waals surface area contributed by atoms with Crippen LogP contribution in [0.3, 0.4) is 0 Å². The fourth-order valence-electron chi connectivity index (χ4n) is 4.35. The van der Waals surface area contributed by atoms with Crippen molar-refractivity contribution in [2.45, 2.75) is 70.6 Å². The first kappa shape index (κ1) is 30.1. The average molecular weight is 651 g/mol. The number of amides is 3. The lowest BCUT2D eigenvalue weighted by Crippen LogP contribution is -2.43. The van der Waals surface area contributed by atoms with E-state index in [1.165, 1.54) is 6.20 Å². The zero-order valence-corrected chi connectivity index (χ0v) is 24.3. The first-order chi connectivity index (χ1) is 19.0. The molecule has 3 N–H and O–H groups in total. The highest BCUT2D eigenvalue weighted by molar-refractivity contribution is 9.11. The summed E-state index contributed by atoms with van der Waals surface area (Å²) < 4.78 is 45.6. The summed E-state index contributed by atoms with van der Waals surface area (Å²) in [7, 11) is 0. The number of unbranched alkanes of at least 4 members (excludes halogenated alkanes) is 1. The van der Waals surface area contributed by atoms with Crippen molar-refractivity contribution in [3.8, 4) is 0 Å². The summed E-state index contributed by atoms with van der Waals surface area (Å²) in [5.74, 6) is -1.39. The predicted octanol–water partition coefficient (Wildman–Crippen LogP) is 5.15. The first-order valence-electron chi connectivity index (χ1n) is 13.1. The van der Waals surface area contributed by atoms with E-state index >= 15 is 0 Å². The number of aromatic nitrogens is 3. The molecule has 3 heterocycles. The molecule has 2 aromatic rings. The zero-order chi connectivity index (χ0) is 28.9. The standard InChI is InChI=1S/C24H31BrF3N7O4S/c1-2-3-11-39-23(38)33-19-17(32-22(25)40-19)18(36)31-16-12-29-35(13-14-6-7-14)20(16)34-9-4-5-15(8-10-34)30-21(37)24(26,27)28/h12,14-15H,2-11,13H2,1H3,(H,30,37)(H,31,36)(H,33,38). The Balaban J connectivity index is 1.49. The molecule has 0 spiro atoms. The summed E-state index contributed by atoms with van der Waals surface area (Å²) >= 11 is 4.33. The molecule has 3 amide bonds. The van der Waals surface area contributed by atoms with Crippen molar-refractivity contribution >= 4 is 61.7 Å². The molecule has 16 heteroatoms. The molecule has 1 atom stereocenters. The second-order valence-electron chi connectivity index (χ2n) is 9.81. The van der Waals surface area contributed by atoms with Crippen molar-refractivity contribution in [2.24, 2.45) is 5.92 Å². The molecule has 1 saturated carbocycles. The van der Waals surface area contributed by atoms with Gasteiger partial charge in [0.25, 0.3) is 5.91 Å². The third-order valence-electron chi connectivity index (χ3n) is 6.57. The molecule has 4 rings (SSSR count). The molecule has 0 radical (unpaired) electrons. The van der Waals surface area contributed by atoms with Gasteiger partial charge in [-0.25, -0.2) is 14.5 Å². The van der Waals surface area contributed by atoms with Crippen LogP contribution < -0.4 is 20.9 Å². The maximum atomic E-state index is 13.3. The van der Waals surface area contributed by atoms with E-state index in [4.69, 9.17) is 4.74 Å². The van der Waals surface area contributed by atoms with Crippen LogP contribution in [0.2, 0.25) is 0 Å². The van der Waals surface area contributed by atoms with Gasteiger partial charge >= 0.3 is 18.2 Å². The summed E-state index contributed by atoms with van der Waals surface area (Å²) in [6.07, 6.45) is 0.881. The Kier molecular flexibility index (Phi) is 9.92. The smallest absolute Gasteiger partial charge is 0.449 e. The molecule has 1 unspecified atom stereocenters. The minimum Gasteiger partial charge on any atom is -0.449 e. The first-order valence-corrected chi connectivity index (χ1v) is 14.8. The van der Waals surface area contributed by atoms with Gasteiger partial charge < -0.3 is 20.3 Å². The molecule has 2 aliphatic rings. The Bertz CT molecular complexity index is 1220. The van der Waals surface area contributed by atoms with Crippen molar-refractivity contribution in [1.82, 2.24) is 20.1 Å². The molecule has 0 aromatic carbocycles. The number of nitrogens with zero attached hydrogens (tertiary/aromatic N) is 4. The van der Waals surface area contributed by atoms with Crippen LogP contribution in [0, 0.1) is 5.92 Å². The number of hydrogen-bond acceptors (Lipinski definition) is 8. The fraction of sp³-hybridized carbons (Fsp3) is 0.625. The molecular formula is C24H31BrF3N7O4S. The number of carbonyl (C=O) groups is 3. The van der Waals surface area contributed by atoms with Gasteiger partial charge in [-0.3, -0.25) is 14.9 Å². The van der Waals surface area contributed by atoms with Gasteiger partial charge in [0.05, 0.1) is 12.8 Å². The zero-order valence-electron chi connectivity index (χ0n) is 21.9. The molecule has 1 saturated heterocycles. The predicted molar refractivity (Wildman–Crippen MR) is 147 cm³/mol. The lowest BCUT2D eigenvalue weighted by atomic mass is 10.1. The normalized spacial score (nSPS) is 17.7. The number of carbonyl (C=O) groups excluding carboxylic acids is 3. The fourth-order valence-corrected chi connectivity index (χ4v) is 5.69. The van der Waals surface area contributed by atoms with Crippen LogP contribution in [0.5, 0.6) is 0 Å². The van der Waals surface area contributed by atoms with E-state index in [-0.39, 0.29) is 17.3 Å². The maximum absolute atomic E-state index is 13.3. The summed E-state index contributed by atoms with van der Waals surface area (Å²) in [6, 6.07) is -0.616. The Hall–Kier alpha value is -2.88. The van der Waals surface area contributed by atoms with Crippen molar-refractivity contribution in [3.05, 3.63) is 15.8 Å². The second kappa shape index (κ2) is 13.2. The van der Waals surface area contributed by atoms with E-state index in [2.05, 4.69) is 42.0 Å². The van der Waals surface area contributed by atoms with Crippen molar-refractivity contribution < 1.29 is 32.3 Å². The lowest BCUT2D eigenvalue weighted by molar-refractivity contribution is -0.174. The number of hydrogen-bond donors (Lipinski definition) is 3. The largest absolute Gasteiger partial charge is 0.471 e. The van der Waals surface area contributed by atoms with Crippen LogP contribution in [0.25, 0.3) is 0 Å². The monoisotopic (exact) mass is 649 g/mol. The van der Waals surface area contributed by atoms with Gasteiger partial charge in [0, 0.05) is 25.7 Å². The summed E-state index contributed by atoms with van der Waals surface area (Å²) in [6.45, 7) is 3.75. The van der Waals surface area contributed by atoms with Crippen LogP contribution in [0.4, 0.5) is 34.5 Å². The third kappa shape index (κ3) is 8.08.